The largest absolute Gasteiger partial charge is 0.371 e. The smallest absolute Gasteiger partial charge is 0.257 e. The number of sulfone groups is 2. The predicted octanol–water partition coefficient (Wildman–Crippen LogP) is 5.71. The van der Waals surface area contributed by atoms with E-state index in [0.29, 0.717) is 22.4 Å². The lowest BCUT2D eigenvalue weighted by atomic mass is 9.93. The molecule has 7 nitrogen and oxygen atoms in total. The van der Waals surface area contributed by atoms with Crippen molar-refractivity contribution in [1.29, 1.82) is 0 Å². The van der Waals surface area contributed by atoms with Crippen molar-refractivity contribution < 1.29 is 21.6 Å². The van der Waals surface area contributed by atoms with Crippen molar-refractivity contribution in [1.82, 2.24) is 0 Å². The van der Waals surface area contributed by atoms with Gasteiger partial charge in [-0.1, -0.05) is 33.8 Å². The Morgan fingerprint density at radius 2 is 1.51 bits per heavy atom. The van der Waals surface area contributed by atoms with Crippen LogP contribution in [-0.2, 0) is 19.7 Å². The van der Waals surface area contributed by atoms with Crippen molar-refractivity contribution in [2.75, 3.05) is 34.8 Å². The zero-order valence-electron chi connectivity index (χ0n) is 23.4. The minimum absolute atomic E-state index is 0.00696. The van der Waals surface area contributed by atoms with E-state index in [4.69, 9.17) is 0 Å². The van der Waals surface area contributed by atoms with Gasteiger partial charge in [-0.25, -0.2) is 16.8 Å². The zero-order valence-corrected chi connectivity index (χ0v) is 25.1. The second-order valence-electron chi connectivity index (χ2n) is 13.5. The summed E-state index contributed by atoms with van der Waals surface area (Å²) in [5, 5.41) is 2.87. The molecule has 1 heterocycles. The number of nitrogens with one attached hydrogen (secondary N) is 1. The van der Waals surface area contributed by atoms with E-state index in [9.17, 15) is 21.6 Å². The third-order valence-electron chi connectivity index (χ3n) is 8.41. The molecule has 5 rings (SSSR count). The molecule has 3 fully saturated rings. The van der Waals surface area contributed by atoms with Gasteiger partial charge in [0.1, 0.15) is 0 Å². The Labute approximate surface area is 233 Å². The fraction of sp³-hybridized carbons (Fsp3) is 0.567. The Morgan fingerprint density at radius 3 is 2.10 bits per heavy atom. The van der Waals surface area contributed by atoms with Gasteiger partial charge in [0, 0.05) is 18.8 Å². The molecule has 1 amide bonds. The van der Waals surface area contributed by atoms with Crippen LogP contribution in [0.2, 0.25) is 0 Å². The third kappa shape index (κ3) is 6.51. The van der Waals surface area contributed by atoms with Crippen LogP contribution in [0.15, 0.2) is 52.3 Å². The number of piperidine rings is 1. The molecule has 0 radical (unpaired) electrons. The van der Waals surface area contributed by atoms with E-state index in [1.54, 1.807) is 30.3 Å². The van der Waals surface area contributed by atoms with Crippen LogP contribution in [0.1, 0.15) is 76.6 Å². The minimum atomic E-state index is -3.53. The predicted molar refractivity (Wildman–Crippen MR) is 155 cm³/mol. The normalized spacial score (nSPS) is 20.1. The van der Waals surface area contributed by atoms with Gasteiger partial charge in [0.15, 0.2) is 19.7 Å². The first-order valence-corrected chi connectivity index (χ1v) is 17.2. The number of hydrogen-bond acceptors (Lipinski definition) is 6. The van der Waals surface area contributed by atoms with Crippen molar-refractivity contribution in [3.8, 4) is 0 Å². The summed E-state index contributed by atoms with van der Waals surface area (Å²) >= 11 is 0. The van der Waals surface area contributed by atoms with Crippen LogP contribution in [0.5, 0.6) is 0 Å². The Hall–Kier alpha value is -2.39. The fourth-order valence-corrected chi connectivity index (χ4v) is 9.41. The Bertz CT molecular complexity index is 1490. The fourth-order valence-electron chi connectivity index (χ4n) is 5.58. The topological polar surface area (TPSA) is 101 Å². The Kier molecular flexibility index (Phi) is 6.94. The lowest BCUT2D eigenvalue weighted by Crippen LogP contribution is -2.36. The molecule has 1 spiro atoms. The maximum absolute atomic E-state index is 13.6. The summed E-state index contributed by atoms with van der Waals surface area (Å²) in [6.07, 6.45) is 6.40. The second kappa shape index (κ2) is 9.61. The summed E-state index contributed by atoms with van der Waals surface area (Å²) in [4.78, 5) is 16.1. The number of nitrogens with zero attached hydrogens (tertiary/aromatic N) is 1. The van der Waals surface area contributed by atoms with Crippen LogP contribution in [0.4, 0.5) is 11.4 Å². The molecule has 1 saturated heterocycles. The molecule has 0 bridgehead atoms. The number of benzene rings is 2. The van der Waals surface area contributed by atoms with Gasteiger partial charge >= 0.3 is 0 Å². The van der Waals surface area contributed by atoms with E-state index in [2.05, 4.69) is 10.2 Å². The molecule has 0 aromatic heterocycles. The molecular weight excluding hydrogens is 532 g/mol. The molecule has 1 aliphatic heterocycles. The molecule has 39 heavy (non-hydrogen) atoms. The summed E-state index contributed by atoms with van der Waals surface area (Å²) in [7, 11) is -7.02. The SMILES string of the molecule is CC(C)(C)CS(=O)(=O)c1cccc(NC(=O)c2ccc(S(=O)(=O)CC3(C)CC3)cc2N2CCC3(CC2)CC3)c1. The van der Waals surface area contributed by atoms with Crippen LogP contribution in [0.3, 0.4) is 0 Å². The van der Waals surface area contributed by atoms with Crippen molar-refractivity contribution >= 4 is 37.0 Å². The minimum Gasteiger partial charge on any atom is -0.371 e. The van der Waals surface area contributed by atoms with Crippen LogP contribution in [-0.4, -0.2) is 47.3 Å². The molecule has 212 valence electrons. The van der Waals surface area contributed by atoms with Gasteiger partial charge < -0.3 is 10.2 Å². The quantitative estimate of drug-likeness (QED) is 0.435. The van der Waals surface area contributed by atoms with E-state index in [1.165, 1.54) is 25.0 Å². The van der Waals surface area contributed by atoms with Gasteiger partial charge in [-0.05, 0) is 91.2 Å². The standard InChI is InChI=1S/C30H40N2O5S2/c1-28(2,3)20-38(34,35)23-7-5-6-22(18-23)31-27(33)25-9-8-24(39(36,37)21-29(4)10-11-29)19-26(25)32-16-14-30(12-13-30)15-17-32/h5-9,18-19H,10-17,20-21H2,1-4H3,(H,31,33). The van der Waals surface area contributed by atoms with Gasteiger partial charge in [0.05, 0.1) is 32.5 Å². The molecule has 3 aliphatic rings. The molecule has 2 aromatic carbocycles. The summed E-state index contributed by atoms with van der Waals surface area (Å²) in [6, 6.07) is 11.1. The number of anilines is 2. The highest BCUT2D eigenvalue weighted by atomic mass is 32.2. The number of carbonyl (C=O) groups is 1. The van der Waals surface area contributed by atoms with E-state index < -0.39 is 25.1 Å². The van der Waals surface area contributed by atoms with Gasteiger partial charge in [0.25, 0.3) is 5.91 Å². The molecule has 2 saturated carbocycles. The summed E-state index contributed by atoms with van der Waals surface area (Å²) in [5.41, 5.74) is 1.27. The van der Waals surface area contributed by atoms with Crippen LogP contribution >= 0.6 is 0 Å². The maximum Gasteiger partial charge on any atom is 0.257 e. The average molecular weight is 573 g/mol. The molecule has 2 aliphatic carbocycles. The van der Waals surface area contributed by atoms with E-state index in [-0.39, 0.29) is 32.6 Å². The van der Waals surface area contributed by atoms with Gasteiger partial charge in [-0.15, -0.1) is 0 Å². The summed E-state index contributed by atoms with van der Waals surface area (Å²) < 4.78 is 52.4. The van der Waals surface area contributed by atoms with E-state index in [1.807, 2.05) is 27.7 Å². The van der Waals surface area contributed by atoms with Crippen LogP contribution in [0, 0.1) is 16.2 Å². The van der Waals surface area contributed by atoms with Crippen molar-refractivity contribution in [2.45, 2.75) is 76.0 Å². The Balaban J connectivity index is 1.43. The van der Waals surface area contributed by atoms with E-state index in [0.717, 1.165) is 38.8 Å². The number of hydrogen-bond donors (Lipinski definition) is 1. The van der Waals surface area contributed by atoms with Crippen molar-refractivity contribution in [3.05, 3.63) is 48.0 Å². The van der Waals surface area contributed by atoms with E-state index >= 15 is 0 Å². The molecule has 0 unspecified atom stereocenters. The van der Waals surface area contributed by atoms with Crippen molar-refractivity contribution in [3.63, 3.8) is 0 Å². The van der Waals surface area contributed by atoms with Gasteiger partial charge in [-0.2, -0.15) is 0 Å². The maximum atomic E-state index is 13.6. The van der Waals surface area contributed by atoms with Gasteiger partial charge in [0.2, 0.25) is 0 Å². The monoisotopic (exact) mass is 572 g/mol. The van der Waals surface area contributed by atoms with Crippen molar-refractivity contribution in [2.24, 2.45) is 16.2 Å². The average Bonchev–Trinajstić information content (AvgIpc) is 3.76. The molecular formula is C30H40N2O5S2. The number of rotatable bonds is 8. The van der Waals surface area contributed by atoms with Crippen LogP contribution < -0.4 is 10.2 Å². The van der Waals surface area contributed by atoms with Crippen LogP contribution in [0.25, 0.3) is 0 Å². The molecule has 1 N–H and O–H groups in total. The second-order valence-corrected chi connectivity index (χ2v) is 17.5. The molecule has 2 aromatic rings. The number of amides is 1. The lowest BCUT2D eigenvalue weighted by Gasteiger charge is -2.35. The summed E-state index contributed by atoms with van der Waals surface area (Å²) in [5.74, 6) is -0.281. The Morgan fingerprint density at radius 1 is 0.872 bits per heavy atom. The lowest BCUT2D eigenvalue weighted by molar-refractivity contribution is 0.102. The molecule has 9 heteroatoms. The highest BCUT2D eigenvalue weighted by Gasteiger charge is 2.45. The molecule has 0 atom stereocenters. The highest BCUT2D eigenvalue weighted by Crippen LogP contribution is 2.54. The number of carbonyl (C=O) groups excluding carboxylic acids is 1. The highest BCUT2D eigenvalue weighted by molar-refractivity contribution is 7.91. The third-order valence-corrected chi connectivity index (χ3v) is 12.7. The summed E-state index contributed by atoms with van der Waals surface area (Å²) in [6.45, 7) is 9.18. The van der Waals surface area contributed by atoms with Gasteiger partial charge in [-0.3, -0.25) is 4.79 Å². The zero-order chi connectivity index (χ0) is 28.3. The first kappa shape index (κ1) is 28.1. The first-order valence-electron chi connectivity index (χ1n) is 13.9. The first-order chi connectivity index (χ1) is 18.1.